The number of hydrogen-bond acceptors (Lipinski definition) is 4. The van der Waals surface area contributed by atoms with Gasteiger partial charge in [0.15, 0.2) is 5.96 Å². The molecule has 1 atom stereocenters. The monoisotopic (exact) mass is 568 g/mol. The molecule has 1 saturated heterocycles. The Morgan fingerprint density at radius 3 is 2.45 bits per heavy atom. The molecule has 7 nitrogen and oxygen atoms in total. The number of piperidine rings is 1. The molecule has 2 heterocycles. The minimum Gasteiger partial charge on any atom is -0.374 e. The van der Waals surface area contributed by atoms with E-state index in [-0.39, 0.29) is 43.1 Å². The minimum atomic E-state index is -4.91. The molecule has 0 aliphatic carbocycles. The second kappa shape index (κ2) is 12.1. The Kier molecular flexibility index (Phi) is 10.9. The maximum atomic E-state index is 13.6. The zero-order valence-corrected chi connectivity index (χ0v) is 19.8. The third kappa shape index (κ3) is 7.70. The van der Waals surface area contributed by atoms with Gasteiger partial charge in [-0.05, 0) is 19.8 Å². The molecule has 1 aromatic rings. The van der Waals surface area contributed by atoms with Gasteiger partial charge in [0.05, 0.1) is 6.54 Å². The van der Waals surface area contributed by atoms with Crippen molar-refractivity contribution in [3.63, 3.8) is 0 Å². The van der Waals surface area contributed by atoms with Crippen LogP contribution in [-0.4, -0.2) is 76.9 Å². The number of imidazole rings is 1. The van der Waals surface area contributed by atoms with Crippen molar-refractivity contribution in [1.29, 1.82) is 0 Å². The largest absolute Gasteiger partial charge is 0.424 e. The molecule has 2 rings (SSSR count). The van der Waals surface area contributed by atoms with Crippen molar-refractivity contribution in [1.82, 2.24) is 25.1 Å². The van der Waals surface area contributed by atoms with Crippen molar-refractivity contribution < 1.29 is 27.1 Å². The van der Waals surface area contributed by atoms with Crippen LogP contribution in [-0.2, 0) is 12.6 Å². The highest BCUT2D eigenvalue weighted by Gasteiger charge is 2.57. The molecule has 1 aliphatic rings. The quantitative estimate of drug-likeness (QED) is 0.195. The third-order valence-electron chi connectivity index (χ3n) is 5.07. The number of guanidine groups is 1. The number of aliphatic hydroxyl groups is 1. The van der Waals surface area contributed by atoms with Crippen LogP contribution in [0.2, 0.25) is 0 Å². The number of nitrogens with zero attached hydrogens (tertiary/aromatic N) is 4. The molecule has 0 saturated carbocycles. The molecule has 0 spiro atoms. The molecule has 1 fully saturated rings. The Morgan fingerprint density at radius 1 is 1.32 bits per heavy atom. The van der Waals surface area contributed by atoms with Crippen LogP contribution in [0.5, 0.6) is 0 Å². The van der Waals surface area contributed by atoms with E-state index < -0.39 is 30.4 Å². The van der Waals surface area contributed by atoms with E-state index in [1.165, 1.54) is 19.4 Å². The summed E-state index contributed by atoms with van der Waals surface area (Å²) in [6.45, 7) is 2.79. The molecule has 1 aromatic heterocycles. The number of aromatic nitrogens is 2. The highest BCUT2D eigenvalue weighted by molar-refractivity contribution is 14.0. The van der Waals surface area contributed by atoms with E-state index in [1.54, 1.807) is 4.90 Å². The summed E-state index contributed by atoms with van der Waals surface area (Å²) in [7, 11) is 1.38. The summed E-state index contributed by atoms with van der Waals surface area (Å²) in [5.74, 6) is -0.163. The molecule has 180 valence electrons. The number of rotatable bonds is 8. The maximum Gasteiger partial charge on any atom is 0.424 e. The highest BCUT2D eigenvalue weighted by atomic mass is 127. The van der Waals surface area contributed by atoms with E-state index in [0.717, 1.165) is 4.57 Å². The number of hydrogen-bond donors (Lipinski definition) is 3. The lowest BCUT2D eigenvalue weighted by Crippen LogP contribution is -2.49. The molecule has 0 bridgehead atoms. The molecule has 0 radical (unpaired) electrons. The molecule has 0 amide bonds. The molecule has 0 aromatic carbocycles. The maximum absolute atomic E-state index is 13.6. The lowest BCUT2D eigenvalue weighted by Gasteiger charge is -2.33. The van der Waals surface area contributed by atoms with Gasteiger partial charge < -0.3 is 20.3 Å². The van der Waals surface area contributed by atoms with Crippen LogP contribution in [0, 0.1) is 0 Å². The Bertz CT molecular complexity index is 693. The predicted molar refractivity (Wildman–Crippen MR) is 118 cm³/mol. The summed E-state index contributed by atoms with van der Waals surface area (Å²) >= 11 is 0. The lowest BCUT2D eigenvalue weighted by molar-refractivity contribution is -0.272. The Morgan fingerprint density at radius 2 is 1.97 bits per heavy atom. The SMILES string of the molecule is CCNC(=NCCC(O)(c1nccn1C)C(F)(F)F)NC1CCN(CC(F)F)CC1.I. The number of aryl methyl sites for hydroxylation is 1. The number of aliphatic imine (C=N–C) groups is 1. The van der Waals surface area contributed by atoms with Crippen molar-refractivity contribution in [3.05, 3.63) is 18.2 Å². The zero-order chi connectivity index (χ0) is 22.4. The molecule has 1 unspecified atom stereocenters. The first kappa shape index (κ1) is 27.8. The van der Waals surface area contributed by atoms with Crippen LogP contribution in [0.3, 0.4) is 0 Å². The van der Waals surface area contributed by atoms with E-state index >= 15 is 0 Å². The first-order chi connectivity index (χ1) is 14.1. The Balaban J connectivity index is 0.00000480. The average molecular weight is 568 g/mol. The van der Waals surface area contributed by atoms with Crippen LogP contribution in [0.4, 0.5) is 22.0 Å². The van der Waals surface area contributed by atoms with Gasteiger partial charge in [0, 0.05) is 58.1 Å². The fourth-order valence-electron chi connectivity index (χ4n) is 3.44. The minimum absolute atomic E-state index is 0. The molecule has 13 heteroatoms. The topological polar surface area (TPSA) is 77.7 Å². The summed E-state index contributed by atoms with van der Waals surface area (Å²) in [6, 6.07) is -0.0206. The lowest BCUT2D eigenvalue weighted by atomic mass is 9.98. The number of likely N-dealkylation sites (tertiary alicyclic amines) is 1. The first-order valence-corrected chi connectivity index (χ1v) is 9.89. The number of alkyl halides is 5. The van der Waals surface area contributed by atoms with Crippen LogP contribution in [0.25, 0.3) is 0 Å². The normalized spacial score (nSPS) is 18.5. The van der Waals surface area contributed by atoms with Crippen molar-refractivity contribution in [2.24, 2.45) is 12.0 Å². The van der Waals surface area contributed by atoms with Crippen molar-refractivity contribution in [3.8, 4) is 0 Å². The Labute approximate surface area is 195 Å². The second-order valence-corrected chi connectivity index (χ2v) is 7.34. The van der Waals surface area contributed by atoms with Gasteiger partial charge in [-0.15, -0.1) is 24.0 Å². The van der Waals surface area contributed by atoms with Gasteiger partial charge in [0.25, 0.3) is 6.43 Å². The fraction of sp³-hybridized carbons (Fsp3) is 0.778. The summed E-state index contributed by atoms with van der Waals surface area (Å²) in [6.07, 6.45) is -4.20. The van der Waals surface area contributed by atoms with Gasteiger partial charge in [0.2, 0.25) is 5.60 Å². The molecular weight excluding hydrogens is 538 g/mol. The third-order valence-corrected chi connectivity index (χ3v) is 5.07. The van der Waals surface area contributed by atoms with E-state index in [4.69, 9.17) is 0 Å². The summed E-state index contributed by atoms with van der Waals surface area (Å²) in [4.78, 5) is 9.53. The summed E-state index contributed by atoms with van der Waals surface area (Å²) in [5, 5.41) is 16.5. The zero-order valence-electron chi connectivity index (χ0n) is 17.5. The smallest absolute Gasteiger partial charge is 0.374 e. The number of halogens is 6. The molecule has 3 N–H and O–H groups in total. The summed E-state index contributed by atoms with van der Waals surface area (Å²) in [5.41, 5.74) is -3.12. The fourth-order valence-corrected chi connectivity index (χ4v) is 3.44. The van der Waals surface area contributed by atoms with E-state index in [1.807, 2.05) is 6.92 Å². The van der Waals surface area contributed by atoms with Gasteiger partial charge in [0.1, 0.15) is 5.82 Å². The Hall–Kier alpha value is -1.22. The average Bonchev–Trinajstić information content (AvgIpc) is 3.08. The van der Waals surface area contributed by atoms with Gasteiger partial charge in [-0.3, -0.25) is 9.89 Å². The van der Waals surface area contributed by atoms with E-state index in [2.05, 4.69) is 20.6 Å². The standard InChI is InChI=1S/C18H29F5N6O.HI/c1-3-24-16(27-13-4-9-29(10-5-13)12-14(19)20)26-7-6-17(30,18(21,22)23)15-25-8-11-28(15)2;/h8,11,13-14,30H,3-7,9-10,12H2,1-2H3,(H2,24,26,27);1H. The van der Waals surface area contributed by atoms with Crippen molar-refractivity contribution >= 4 is 29.9 Å². The molecule has 1 aliphatic heterocycles. The van der Waals surface area contributed by atoms with Crippen molar-refractivity contribution in [2.75, 3.05) is 32.7 Å². The van der Waals surface area contributed by atoms with Gasteiger partial charge in [-0.25, -0.2) is 13.8 Å². The summed E-state index contributed by atoms with van der Waals surface area (Å²) < 4.78 is 66.8. The molecular formula is C18H30F5IN6O. The van der Waals surface area contributed by atoms with Crippen LogP contribution in [0.15, 0.2) is 17.4 Å². The highest BCUT2D eigenvalue weighted by Crippen LogP contribution is 2.40. The van der Waals surface area contributed by atoms with Crippen molar-refractivity contribution in [2.45, 2.75) is 50.4 Å². The van der Waals surface area contributed by atoms with E-state index in [0.29, 0.717) is 38.4 Å². The van der Waals surface area contributed by atoms with E-state index in [9.17, 15) is 27.1 Å². The molecule has 31 heavy (non-hydrogen) atoms. The van der Waals surface area contributed by atoms with Gasteiger partial charge in [-0.2, -0.15) is 13.2 Å². The predicted octanol–water partition coefficient (Wildman–Crippen LogP) is 2.46. The van der Waals surface area contributed by atoms with Gasteiger partial charge in [-0.1, -0.05) is 0 Å². The van der Waals surface area contributed by atoms with Crippen LogP contribution >= 0.6 is 24.0 Å². The van der Waals surface area contributed by atoms with Crippen LogP contribution in [0.1, 0.15) is 32.0 Å². The first-order valence-electron chi connectivity index (χ1n) is 9.89. The second-order valence-electron chi connectivity index (χ2n) is 7.34. The number of nitrogens with one attached hydrogen (secondary N) is 2. The van der Waals surface area contributed by atoms with Crippen LogP contribution < -0.4 is 10.6 Å². The van der Waals surface area contributed by atoms with Gasteiger partial charge >= 0.3 is 6.18 Å².